The fourth-order valence-corrected chi connectivity index (χ4v) is 3.28. The van der Waals surface area contributed by atoms with Crippen LogP contribution in [0.15, 0.2) is 71.3 Å². The van der Waals surface area contributed by atoms with E-state index in [1.807, 2.05) is 42.5 Å². The number of nitrogens with zero attached hydrogens (tertiary/aromatic N) is 2. The molecule has 0 aliphatic heterocycles. The van der Waals surface area contributed by atoms with Crippen molar-refractivity contribution in [2.45, 2.75) is 6.42 Å². The van der Waals surface area contributed by atoms with E-state index in [9.17, 15) is 4.79 Å². The van der Waals surface area contributed by atoms with E-state index >= 15 is 0 Å². The van der Waals surface area contributed by atoms with Crippen molar-refractivity contribution in [3.63, 3.8) is 0 Å². The van der Waals surface area contributed by atoms with Crippen LogP contribution in [0.2, 0.25) is 0 Å². The van der Waals surface area contributed by atoms with Gasteiger partial charge >= 0.3 is 0 Å². The van der Waals surface area contributed by atoms with Crippen molar-refractivity contribution in [3.05, 3.63) is 72.3 Å². The van der Waals surface area contributed by atoms with Crippen LogP contribution in [0.1, 0.15) is 5.56 Å². The highest BCUT2D eigenvalue weighted by atomic mass is 16.5. The topological polar surface area (TPSA) is 95.7 Å². The molecule has 0 saturated carbocycles. The van der Waals surface area contributed by atoms with Crippen LogP contribution in [-0.2, 0) is 11.2 Å². The van der Waals surface area contributed by atoms with Gasteiger partial charge in [-0.3, -0.25) is 4.79 Å². The van der Waals surface area contributed by atoms with Gasteiger partial charge in [0.1, 0.15) is 5.75 Å². The summed E-state index contributed by atoms with van der Waals surface area (Å²) < 4.78 is 21.1. The molecule has 1 heterocycles. The molecule has 4 rings (SSSR count). The molecule has 1 N–H and O–H groups in total. The van der Waals surface area contributed by atoms with E-state index < -0.39 is 0 Å². The lowest BCUT2D eigenvalue weighted by Gasteiger charge is -2.10. The number of nitrogens with one attached hydrogen (secondary N) is 1. The summed E-state index contributed by atoms with van der Waals surface area (Å²) in [6.45, 7) is 0. The third kappa shape index (κ3) is 5.12. The Morgan fingerprint density at radius 1 is 0.848 bits per heavy atom. The number of carbonyl (C=O) groups excluding carboxylic acids is 1. The number of anilines is 1. The molecular weight excluding hydrogens is 422 g/mol. The molecule has 0 radical (unpaired) electrons. The highest BCUT2D eigenvalue weighted by molar-refractivity contribution is 5.92. The maximum atomic E-state index is 12.5. The van der Waals surface area contributed by atoms with Gasteiger partial charge in [-0.1, -0.05) is 11.2 Å². The van der Waals surface area contributed by atoms with E-state index in [2.05, 4.69) is 15.5 Å². The highest BCUT2D eigenvalue weighted by Gasteiger charge is 2.12. The van der Waals surface area contributed by atoms with Crippen LogP contribution < -0.4 is 19.5 Å². The average molecular weight is 445 g/mol. The average Bonchev–Trinajstić information content (AvgIpc) is 3.34. The number of hydrogen-bond acceptors (Lipinski definition) is 7. The molecule has 0 spiro atoms. The number of benzene rings is 3. The van der Waals surface area contributed by atoms with E-state index in [-0.39, 0.29) is 12.3 Å². The minimum absolute atomic E-state index is 0.144. The third-order valence-electron chi connectivity index (χ3n) is 5.00. The van der Waals surface area contributed by atoms with Crippen LogP contribution in [-0.4, -0.2) is 37.4 Å². The Balaban J connectivity index is 1.40. The van der Waals surface area contributed by atoms with Gasteiger partial charge in [-0.25, -0.2) is 0 Å². The number of aromatic nitrogens is 2. The van der Waals surface area contributed by atoms with Crippen LogP contribution in [0.3, 0.4) is 0 Å². The standard InChI is InChI=1S/C25H23N3O5/c1-30-20-11-7-17(8-12-20)24-27-25(33-28-24)18-5-9-19(10-6-18)26-23(29)15-16-4-13-21(31-2)22(14-16)32-3/h4-14H,15H2,1-3H3,(H,26,29). The summed E-state index contributed by atoms with van der Waals surface area (Å²) in [6, 6.07) is 20.0. The molecule has 33 heavy (non-hydrogen) atoms. The fourth-order valence-electron chi connectivity index (χ4n) is 3.28. The first-order chi connectivity index (χ1) is 16.1. The van der Waals surface area contributed by atoms with Gasteiger partial charge in [-0.05, 0) is 66.2 Å². The van der Waals surface area contributed by atoms with E-state index in [1.165, 1.54) is 0 Å². The maximum Gasteiger partial charge on any atom is 0.258 e. The molecule has 4 aromatic rings. The molecule has 1 aromatic heterocycles. The number of hydrogen-bond donors (Lipinski definition) is 1. The van der Waals surface area contributed by atoms with Crippen LogP contribution in [0.5, 0.6) is 17.2 Å². The normalized spacial score (nSPS) is 10.5. The van der Waals surface area contributed by atoms with Gasteiger partial charge in [0, 0.05) is 16.8 Å². The fraction of sp³-hybridized carbons (Fsp3) is 0.160. The Morgan fingerprint density at radius 3 is 2.21 bits per heavy atom. The zero-order valence-electron chi connectivity index (χ0n) is 18.5. The molecule has 1 amide bonds. The summed E-state index contributed by atoms with van der Waals surface area (Å²) in [5.74, 6) is 2.69. The van der Waals surface area contributed by atoms with Gasteiger partial charge in [0.15, 0.2) is 11.5 Å². The number of amides is 1. The predicted molar refractivity (Wildman–Crippen MR) is 124 cm³/mol. The molecule has 0 fully saturated rings. The number of methoxy groups -OCH3 is 3. The summed E-state index contributed by atoms with van der Waals surface area (Å²) in [5, 5.41) is 6.93. The zero-order valence-corrected chi connectivity index (χ0v) is 18.5. The first-order valence-electron chi connectivity index (χ1n) is 10.2. The smallest absolute Gasteiger partial charge is 0.258 e. The second-order valence-electron chi connectivity index (χ2n) is 7.14. The third-order valence-corrected chi connectivity index (χ3v) is 5.00. The number of rotatable bonds is 8. The Morgan fingerprint density at radius 2 is 1.55 bits per heavy atom. The monoisotopic (exact) mass is 445 g/mol. The maximum absolute atomic E-state index is 12.5. The molecule has 168 valence electrons. The van der Waals surface area contributed by atoms with E-state index in [0.29, 0.717) is 28.9 Å². The minimum atomic E-state index is -0.144. The van der Waals surface area contributed by atoms with E-state index in [4.69, 9.17) is 18.7 Å². The Kier molecular flexibility index (Phi) is 6.54. The van der Waals surface area contributed by atoms with Gasteiger partial charge in [-0.15, -0.1) is 0 Å². The van der Waals surface area contributed by atoms with Crippen LogP contribution in [0.25, 0.3) is 22.8 Å². The number of ether oxygens (including phenoxy) is 3. The van der Waals surface area contributed by atoms with Gasteiger partial charge in [0.2, 0.25) is 11.7 Å². The molecule has 0 atom stereocenters. The molecule has 0 saturated heterocycles. The van der Waals surface area contributed by atoms with Crippen LogP contribution in [0, 0.1) is 0 Å². The van der Waals surface area contributed by atoms with Crippen LogP contribution >= 0.6 is 0 Å². The van der Waals surface area contributed by atoms with Crippen molar-refractivity contribution >= 4 is 11.6 Å². The largest absolute Gasteiger partial charge is 0.497 e. The lowest BCUT2D eigenvalue weighted by atomic mass is 10.1. The van der Waals surface area contributed by atoms with Crippen molar-refractivity contribution < 1.29 is 23.5 Å². The molecule has 0 unspecified atom stereocenters. The summed E-state index contributed by atoms with van der Waals surface area (Å²) in [5.41, 5.74) is 3.06. The van der Waals surface area contributed by atoms with Crippen molar-refractivity contribution in [2.24, 2.45) is 0 Å². The second-order valence-corrected chi connectivity index (χ2v) is 7.14. The molecule has 0 aliphatic carbocycles. The lowest BCUT2D eigenvalue weighted by Crippen LogP contribution is -2.14. The van der Waals surface area contributed by atoms with Gasteiger partial charge in [0.25, 0.3) is 5.89 Å². The molecule has 8 heteroatoms. The molecule has 0 bridgehead atoms. The van der Waals surface area contributed by atoms with E-state index in [0.717, 1.165) is 22.4 Å². The summed E-state index contributed by atoms with van der Waals surface area (Å²) in [7, 11) is 4.75. The lowest BCUT2D eigenvalue weighted by molar-refractivity contribution is -0.115. The van der Waals surface area contributed by atoms with Crippen molar-refractivity contribution in [1.82, 2.24) is 10.1 Å². The molecule has 0 aliphatic rings. The SMILES string of the molecule is COc1ccc(-c2noc(-c3ccc(NC(=O)Cc4ccc(OC)c(OC)c4)cc3)n2)cc1. The summed E-state index contributed by atoms with van der Waals surface area (Å²) >= 11 is 0. The highest BCUT2D eigenvalue weighted by Crippen LogP contribution is 2.28. The quantitative estimate of drug-likeness (QED) is 0.423. The molecule has 8 nitrogen and oxygen atoms in total. The first-order valence-corrected chi connectivity index (χ1v) is 10.2. The first kappa shape index (κ1) is 21.9. The molecule has 3 aromatic carbocycles. The Labute approximate surface area is 191 Å². The van der Waals surface area contributed by atoms with E-state index in [1.54, 1.807) is 45.6 Å². The van der Waals surface area contributed by atoms with Crippen molar-refractivity contribution in [1.29, 1.82) is 0 Å². The van der Waals surface area contributed by atoms with Crippen molar-refractivity contribution in [2.75, 3.05) is 26.6 Å². The second kappa shape index (κ2) is 9.86. The Hall–Kier alpha value is -4.33. The van der Waals surface area contributed by atoms with Gasteiger partial charge in [0.05, 0.1) is 27.8 Å². The number of carbonyl (C=O) groups is 1. The van der Waals surface area contributed by atoms with Gasteiger partial charge < -0.3 is 24.1 Å². The van der Waals surface area contributed by atoms with Crippen molar-refractivity contribution in [3.8, 4) is 40.1 Å². The summed E-state index contributed by atoms with van der Waals surface area (Å²) in [6.07, 6.45) is 0.205. The predicted octanol–water partition coefficient (Wildman–Crippen LogP) is 4.61. The van der Waals surface area contributed by atoms with Crippen LogP contribution in [0.4, 0.5) is 5.69 Å². The zero-order chi connectivity index (χ0) is 23.2. The summed E-state index contributed by atoms with van der Waals surface area (Å²) in [4.78, 5) is 16.9. The molecular formula is C25H23N3O5. The minimum Gasteiger partial charge on any atom is -0.497 e. The Bertz CT molecular complexity index is 1230. The van der Waals surface area contributed by atoms with Gasteiger partial charge in [-0.2, -0.15) is 4.98 Å².